The Morgan fingerprint density at radius 1 is 1.00 bits per heavy atom. The predicted molar refractivity (Wildman–Crippen MR) is 59.1 cm³/mol. The van der Waals surface area contributed by atoms with Gasteiger partial charge in [0.2, 0.25) is 0 Å². The monoisotopic (exact) mass is 192 g/mol. The average Bonchev–Trinajstić information content (AvgIpc) is 2.86. The molecule has 2 saturated heterocycles. The summed E-state index contributed by atoms with van der Waals surface area (Å²) < 4.78 is 0. The van der Waals surface area contributed by atoms with Crippen LogP contribution in [0.5, 0.6) is 0 Å². The maximum Gasteiger partial charge on any atom is 0.0840 e. The minimum atomic E-state index is 0.371. The lowest BCUT2D eigenvalue weighted by atomic mass is 10.2. The van der Waals surface area contributed by atoms with Crippen molar-refractivity contribution in [2.45, 2.75) is 31.7 Å². The fraction of sp³-hybridized carbons (Fsp3) is 0.833. The molecule has 1 atom stereocenters. The number of likely N-dealkylation sites (tertiary alicyclic amines) is 2. The van der Waals surface area contributed by atoms with Crippen molar-refractivity contribution in [3.05, 3.63) is 0 Å². The second-order valence-electron chi connectivity index (χ2n) is 4.43. The highest BCUT2D eigenvalue weighted by atomic mass is 15.2. The van der Waals surface area contributed by atoms with Crippen LogP contribution in [0.15, 0.2) is 0 Å². The molecule has 14 heavy (non-hydrogen) atoms. The smallest absolute Gasteiger partial charge is 0.0840 e. The number of rotatable bonds is 3. The number of terminal acetylenes is 1. The molecular weight excluding hydrogens is 172 g/mol. The summed E-state index contributed by atoms with van der Waals surface area (Å²) in [5.74, 6) is 2.96. The van der Waals surface area contributed by atoms with Gasteiger partial charge in [0.1, 0.15) is 0 Å². The van der Waals surface area contributed by atoms with Crippen LogP contribution in [0.25, 0.3) is 0 Å². The number of hydrogen-bond donors (Lipinski definition) is 0. The third kappa shape index (κ3) is 2.29. The van der Waals surface area contributed by atoms with Crippen molar-refractivity contribution in [2.24, 2.45) is 0 Å². The Balaban J connectivity index is 1.83. The second kappa shape index (κ2) is 4.82. The van der Waals surface area contributed by atoms with E-state index in [2.05, 4.69) is 15.7 Å². The van der Waals surface area contributed by atoms with Crippen molar-refractivity contribution in [1.82, 2.24) is 9.80 Å². The Kier molecular flexibility index (Phi) is 3.44. The van der Waals surface area contributed by atoms with E-state index in [4.69, 9.17) is 6.42 Å². The first-order valence-corrected chi connectivity index (χ1v) is 5.82. The van der Waals surface area contributed by atoms with E-state index in [1.54, 1.807) is 0 Å². The van der Waals surface area contributed by atoms with E-state index >= 15 is 0 Å². The van der Waals surface area contributed by atoms with Gasteiger partial charge in [-0.05, 0) is 51.9 Å². The lowest BCUT2D eigenvalue weighted by Crippen LogP contribution is -2.40. The zero-order chi connectivity index (χ0) is 9.80. The van der Waals surface area contributed by atoms with Crippen LogP contribution in [0, 0.1) is 12.3 Å². The Hall–Kier alpha value is -0.520. The standard InChI is InChI=1S/C12H20N2/c1-2-12(14-9-5-6-10-14)11-13-7-3-4-8-13/h1,12H,3-11H2. The largest absolute Gasteiger partial charge is 0.301 e. The first-order valence-electron chi connectivity index (χ1n) is 5.82. The molecule has 0 spiro atoms. The summed E-state index contributed by atoms with van der Waals surface area (Å²) in [6.45, 7) is 6.03. The summed E-state index contributed by atoms with van der Waals surface area (Å²) >= 11 is 0. The zero-order valence-electron chi connectivity index (χ0n) is 8.91. The topological polar surface area (TPSA) is 6.48 Å². The maximum absolute atomic E-state index is 5.61. The fourth-order valence-electron chi connectivity index (χ4n) is 2.54. The van der Waals surface area contributed by atoms with E-state index in [0.29, 0.717) is 6.04 Å². The van der Waals surface area contributed by atoms with Crippen LogP contribution in [-0.4, -0.2) is 48.6 Å². The molecule has 1 unspecified atom stereocenters. The third-order valence-electron chi connectivity index (χ3n) is 3.40. The number of nitrogens with zero attached hydrogens (tertiary/aromatic N) is 2. The molecule has 0 N–H and O–H groups in total. The van der Waals surface area contributed by atoms with E-state index in [1.165, 1.54) is 51.9 Å². The van der Waals surface area contributed by atoms with Gasteiger partial charge >= 0.3 is 0 Å². The third-order valence-corrected chi connectivity index (χ3v) is 3.40. The molecule has 0 aliphatic carbocycles. The molecule has 0 radical (unpaired) electrons. The maximum atomic E-state index is 5.61. The van der Waals surface area contributed by atoms with Gasteiger partial charge in [-0.1, -0.05) is 5.92 Å². The zero-order valence-corrected chi connectivity index (χ0v) is 8.91. The van der Waals surface area contributed by atoms with Gasteiger partial charge < -0.3 is 4.90 Å². The van der Waals surface area contributed by atoms with E-state index in [9.17, 15) is 0 Å². The predicted octanol–water partition coefficient (Wildman–Crippen LogP) is 1.18. The summed E-state index contributed by atoms with van der Waals surface area (Å²) in [6, 6.07) is 0.371. The van der Waals surface area contributed by atoms with Crippen LogP contribution in [0.3, 0.4) is 0 Å². The van der Waals surface area contributed by atoms with Gasteiger partial charge in [0.05, 0.1) is 6.04 Å². The minimum absolute atomic E-state index is 0.371. The van der Waals surface area contributed by atoms with Crippen molar-refractivity contribution in [3.8, 4) is 12.3 Å². The van der Waals surface area contributed by atoms with Gasteiger partial charge in [-0.2, -0.15) is 0 Å². The Labute approximate surface area is 87.3 Å². The normalized spacial score (nSPS) is 26.5. The van der Waals surface area contributed by atoms with Crippen molar-refractivity contribution in [3.63, 3.8) is 0 Å². The molecule has 0 saturated carbocycles. The molecule has 0 amide bonds. The summed E-state index contributed by atoms with van der Waals surface area (Å²) in [4.78, 5) is 4.99. The number of hydrogen-bond acceptors (Lipinski definition) is 2. The van der Waals surface area contributed by atoms with Crippen molar-refractivity contribution in [1.29, 1.82) is 0 Å². The molecule has 2 rings (SSSR count). The second-order valence-corrected chi connectivity index (χ2v) is 4.43. The molecule has 2 aliphatic rings. The Morgan fingerprint density at radius 3 is 2.14 bits per heavy atom. The fourth-order valence-corrected chi connectivity index (χ4v) is 2.54. The van der Waals surface area contributed by atoms with Crippen LogP contribution >= 0.6 is 0 Å². The summed E-state index contributed by atoms with van der Waals surface area (Å²) in [6.07, 6.45) is 11.0. The van der Waals surface area contributed by atoms with Gasteiger partial charge in [0.15, 0.2) is 0 Å². The van der Waals surface area contributed by atoms with E-state index in [0.717, 1.165) is 6.54 Å². The Bertz CT molecular complexity index is 207. The molecule has 2 aliphatic heterocycles. The summed E-state index contributed by atoms with van der Waals surface area (Å²) in [7, 11) is 0. The van der Waals surface area contributed by atoms with Crippen molar-refractivity contribution in [2.75, 3.05) is 32.7 Å². The molecule has 2 heteroatoms. The molecule has 0 aromatic rings. The molecule has 2 fully saturated rings. The van der Waals surface area contributed by atoms with E-state index < -0.39 is 0 Å². The molecule has 0 aromatic carbocycles. The highest BCUT2D eigenvalue weighted by Gasteiger charge is 2.23. The molecule has 78 valence electrons. The van der Waals surface area contributed by atoms with Crippen LogP contribution in [-0.2, 0) is 0 Å². The molecule has 0 aromatic heterocycles. The van der Waals surface area contributed by atoms with Crippen molar-refractivity contribution >= 4 is 0 Å². The van der Waals surface area contributed by atoms with Crippen LogP contribution < -0.4 is 0 Å². The molecule has 2 nitrogen and oxygen atoms in total. The van der Waals surface area contributed by atoms with Crippen LogP contribution in [0.4, 0.5) is 0 Å². The quantitative estimate of drug-likeness (QED) is 0.620. The lowest BCUT2D eigenvalue weighted by Gasteiger charge is -2.27. The molecule has 0 bridgehead atoms. The average molecular weight is 192 g/mol. The molecule has 2 heterocycles. The van der Waals surface area contributed by atoms with Crippen molar-refractivity contribution < 1.29 is 0 Å². The first-order chi connectivity index (χ1) is 6.90. The highest BCUT2D eigenvalue weighted by molar-refractivity contribution is 5.02. The molecular formula is C12H20N2. The van der Waals surface area contributed by atoms with Gasteiger partial charge in [-0.15, -0.1) is 6.42 Å². The summed E-state index contributed by atoms with van der Waals surface area (Å²) in [5.41, 5.74) is 0. The van der Waals surface area contributed by atoms with Crippen LogP contribution in [0.2, 0.25) is 0 Å². The van der Waals surface area contributed by atoms with Crippen LogP contribution in [0.1, 0.15) is 25.7 Å². The first kappa shape index (κ1) is 10.0. The van der Waals surface area contributed by atoms with Gasteiger partial charge in [0, 0.05) is 6.54 Å². The minimum Gasteiger partial charge on any atom is -0.301 e. The van der Waals surface area contributed by atoms with Gasteiger partial charge in [-0.3, -0.25) is 4.90 Å². The SMILES string of the molecule is C#CC(CN1CCCC1)N1CCCC1. The lowest BCUT2D eigenvalue weighted by molar-refractivity contribution is 0.217. The highest BCUT2D eigenvalue weighted by Crippen LogP contribution is 2.14. The summed E-state index contributed by atoms with van der Waals surface area (Å²) in [5, 5.41) is 0. The van der Waals surface area contributed by atoms with Gasteiger partial charge in [-0.25, -0.2) is 0 Å². The van der Waals surface area contributed by atoms with E-state index in [1.807, 2.05) is 0 Å². The van der Waals surface area contributed by atoms with Gasteiger partial charge in [0.25, 0.3) is 0 Å². The van der Waals surface area contributed by atoms with E-state index in [-0.39, 0.29) is 0 Å². The Morgan fingerprint density at radius 2 is 1.57 bits per heavy atom.